The van der Waals surface area contributed by atoms with Crippen molar-refractivity contribution < 1.29 is 9.52 Å². The van der Waals surface area contributed by atoms with Gasteiger partial charge < -0.3 is 9.52 Å². The fraction of sp³-hybridized carbons (Fsp3) is 0.0952. The first-order valence-corrected chi connectivity index (χ1v) is 9.54. The predicted molar refractivity (Wildman–Crippen MR) is 108 cm³/mol. The van der Waals surface area contributed by atoms with Crippen molar-refractivity contribution in [3.05, 3.63) is 92.8 Å². The Morgan fingerprint density at radius 1 is 1.11 bits per heavy atom. The molecule has 0 fully saturated rings. The molecule has 4 aromatic rings. The summed E-state index contributed by atoms with van der Waals surface area (Å²) in [5.41, 5.74) is 1.73. The highest BCUT2D eigenvalue weighted by Crippen LogP contribution is 2.24. The Hall–Kier alpha value is -3.32. The highest BCUT2D eigenvalue weighted by atomic mass is 32.2. The Balaban J connectivity index is 1.82. The maximum absolute atomic E-state index is 13.1. The van der Waals surface area contributed by atoms with Crippen molar-refractivity contribution in [2.24, 2.45) is 0 Å². The van der Waals surface area contributed by atoms with Crippen molar-refractivity contribution >= 4 is 22.7 Å². The number of nitrogens with zero attached hydrogens (tertiary/aromatic N) is 2. The summed E-state index contributed by atoms with van der Waals surface area (Å²) < 4.78 is 6.81. The molecular formula is C21H16N2O4S. The van der Waals surface area contributed by atoms with Crippen LogP contribution >= 0.6 is 11.8 Å². The molecule has 0 aliphatic carbocycles. The van der Waals surface area contributed by atoms with E-state index in [0.29, 0.717) is 27.5 Å². The van der Waals surface area contributed by atoms with Gasteiger partial charge in [0.25, 0.3) is 5.56 Å². The Bertz CT molecular complexity index is 1280. The SMILES string of the molecule is Cc1ccc(-n2c(SCc3cc(=O)c(O)co3)nc3ccccc3c2=O)cc1. The summed E-state index contributed by atoms with van der Waals surface area (Å²) in [7, 11) is 0. The Kier molecular flexibility index (Phi) is 4.75. The van der Waals surface area contributed by atoms with Gasteiger partial charge in [-0.3, -0.25) is 14.2 Å². The molecule has 0 atom stereocenters. The molecular weight excluding hydrogens is 376 g/mol. The number of benzene rings is 2. The fourth-order valence-corrected chi connectivity index (χ4v) is 3.69. The van der Waals surface area contributed by atoms with E-state index in [0.717, 1.165) is 11.8 Å². The minimum atomic E-state index is -0.510. The molecule has 0 unspecified atom stereocenters. The predicted octanol–water partition coefficient (Wildman–Crippen LogP) is 3.65. The molecule has 0 saturated heterocycles. The lowest BCUT2D eigenvalue weighted by molar-refractivity contribution is 0.419. The van der Waals surface area contributed by atoms with Crippen LogP contribution in [0.15, 0.2) is 80.0 Å². The summed E-state index contributed by atoms with van der Waals surface area (Å²) in [6.45, 7) is 1.98. The molecule has 0 bridgehead atoms. The molecule has 6 nitrogen and oxygen atoms in total. The van der Waals surface area contributed by atoms with Crippen molar-refractivity contribution in [1.29, 1.82) is 0 Å². The van der Waals surface area contributed by atoms with Gasteiger partial charge in [0.15, 0.2) is 10.9 Å². The zero-order chi connectivity index (χ0) is 19.7. The molecule has 0 aliphatic rings. The fourth-order valence-electron chi connectivity index (χ4n) is 2.79. The number of aromatic nitrogens is 2. The smallest absolute Gasteiger partial charge is 0.266 e. The highest BCUT2D eigenvalue weighted by molar-refractivity contribution is 7.98. The second-order valence-electron chi connectivity index (χ2n) is 6.27. The van der Waals surface area contributed by atoms with Crippen LogP contribution in [0.1, 0.15) is 11.3 Å². The molecule has 1 N–H and O–H groups in total. The van der Waals surface area contributed by atoms with Gasteiger partial charge in [-0.15, -0.1) is 0 Å². The van der Waals surface area contributed by atoms with Crippen molar-refractivity contribution in [1.82, 2.24) is 9.55 Å². The third-order valence-electron chi connectivity index (χ3n) is 4.25. The van der Waals surface area contributed by atoms with Crippen LogP contribution in [0.4, 0.5) is 0 Å². The van der Waals surface area contributed by atoms with Crippen molar-refractivity contribution in [3.63, 3.8) is 0 Å². The lowest BCUT2D eigenvalue weighted by atomic mass is 10.2. The van der Waals surface area contributed by atoms with E-state index in [-0.39, 0.29) is 11.3 Å². The molecule has 2 aromatic heterocycles. The number of hydrogen-bond donors (Lipinski definition) is 1. The van der Waals surface area contributed by atoms with Gasteiger partial charge in [0.1, 0.15) is 12.0 Å². The number of aryl methyl sites for hydroxylation is 1. The van der Waals surface area contributed by atoms with Crippen molar-refractivity contribution in [2.75, 3.05) is 0 Å². The van der Waals surface area contributed by atoms with E-state index in [1.54, 1.807) is 16.7 Å². The first kappa shape index (κ1) is 18.1. The monoisotopic (exact) mass is 392 g/mol. The molecule has 2 heterocycles. The largest absolute Gasteiger partial charge is 0.502 e. The van der Waals surface area contributed by atoms with Crippen molar-refractivity contribution in [2.45, 2.75) is 17.8 Å². The van der Waals surface area contributed by atoms with Gasteiger partial charge in [-0.05, 0) is 31.2 Å². The standard InChI is InChI=1S/C21H16N2O4S/c1-13-6-8-14(9-7-13)23-20(26)16-4-2-3-5-17(16)22-21(23)28-12-15-10-18(24)19(25)11-27-15/h2-11,25H,12H2,1H3. The number of aromatic hydroxyl groups is 1. The van der Waals surface area contributed by atoms with Crippen LogP contribution in [-0.4, -0.2) is 14.7 Å². The third kappa shape index (κ3) is 3.44. The summed E-state index contributed by atoms with van der Waals surface area (Å²) in [4.78, 5) is 29.4. The van der Waals surface area contributed by atoms with Gasteiger partial charge >= 0.3 is 0 Å². The number of fused-ring (bicyclic) bond motifs is 1. The first-order valence-electron chi connectivity index (χ1n) is 8.55. The third-order valence-corrected chi connectivity index (χ3v) is 5.21. The molecule has 2 aromatic carbocycles. The Labute approximate surface area is 164 Å². The van der Waals surface area contributed by atoms with E-state index in [1.807, 2.05) is 43.3 Å². The molecule has 0 amide bonds. The molecule has 0 aliphatic heterocycles. The van der Waals surface area contributed by atoms with Gasteiger partial charge in [0.05, 0.1) is 22.3 Å². The van der Waals surface area contributed by atoms with E-state index < -0.39 is 11.2 Å². The summed E-state index contributed by atoms with van der Waals surface area (Å²) in [6.07, 6.45) is 1.01. The minimum Gasteiger partial charge on any atom is -0.502 e. The second-order valence-corrected chi connectivity index (χ2v) is 7.21. The average molecular weight is 392 g/mol. The molecule has 7 heteroatoms. The topological polar surface area (TPSA) is 85.3 Å². The van der Waals surface area contributed by atoms with Gasteiger partial charge in [0, 0.05) is 6.07 Å². The number of para-hydroxylation sites is 1. The minimum absolute atomic E-state index is 0.163. The van der Waals surface area contributed by atoms with Crippen LogP contribution in [-0.2, 0) is 5.75 Å². The van der Waals surface area contributed by atoms with Gasteiger partial charge in [-0.25, -0.2) is 4.98 Å². The van der Waals surface area contributed by atoms with E-state index >= 15 is 0 Å². The molecule has 0 radical (unpaired) electrons. The van der Waals surface area contributed by atoms with E-state index in [4.69, 9.17) is 4.42 Å². The van der Waals surface area contributed by atoms with Gasteiger partial charge in [0.2, 0.25) is 5.43 Å². The van der Waals surface area contributed by atoms with Crippen LogP contribution in [0.2, 0.25) is 0 Å². The molecule has 28 heavy (non-hydrogen) atoms. The first-order chi connectivity index (χ1) is 13.5. The van der Waals surface area contributed by atoms with E-state index in [1.165, 1.54) is 17.8 Å². The lowest BCUT2D eigenvalue weighted by Crippen LogP contribution is -2.21. The zero-order valence-corrected chi connectivity index (χ0v) is 15.8. The molecule has 0 spiro atoms. The Morgan fingerprint density at radius 3 is 2.61 bits per heavy atom. The zero-order valence-electron chi connectivity index (χ0n) is 15.0. The summed E-state index contributed by atoms with van der Waals surface area (Å²) >= 11 is 1.28. The van der Waals surface area contributed by atoms with Crippen LogP contribution in [0.3, 0.4) is 0 Å². The molecule has 140 valence electrons. The quantitative estimate of drug-likeness (QED) is 0.422. The van der Waals surface area contributed by atoms with Gasteiger partial charge in [-0.1, -0.05) is 41.6 Å². The lowest BCUT2D eigenvalue weighted by Gasteiger charge is -2.13. The van der Waals surface area contributed by atoms with Crippen LogP contribution < -0.4 is 11.0 Å². The molecule has 0 saturated carbocycles. The number of hydrogen-bond acceptors (Lipinski definition) is 6. The number of rotatable bonds is 4. The van der Waals surface area contributed by atoms with Crippen molar-refractivity contribution in [3.8, 4) is 11.4 Å². The van der Waals surface area contributed by atoms with E-state index in [2.05, 4.69) is 4.98 Å². The maximum atomic E-state index is 13.1. The maximum Gasteiger partial charge on any atom is 0.266 e. The van der Waals surface area contributed by atoms with Gasteiger partial charge in [-0.2, -0.15) is 0 Å². The second kappa shape index (κ2) is 7.36. The Morgan fingerprint density at radius 2 is 1.86 bits per heavy atom. The molecule has 4 rings (SSSR count). The van der Waals surface area contributed by atoms with Crippen LogP contribution in [0.25, 0.3) is 16.6 Å². The summed E-state index contributed by atoms with van der Waals surface area (Å²) in [5.74, 6) is 0.228. The summed E-state index contributed by atoms with van der Waals surface area (Å²) in [5, 5.41) is 10.3. The normalized spacial score (nSPS) is 11.0. The van der Waals surface area contributed by atoms with Crippen LogP contribution in [0.5, 0.6) is 5.75 Å². The van der Waals surface area contributed by atoms with E-state index in [9.17, 15) is 14.7 Å². The number of thioether (sulfide) groups is 1. The highest BCUT2D eigenvalue weighted by Gasteiger charge is 2.14. The summed E-state index contributed by atoms with van der Waals surface area (Å²) in [6, 6.07) is 16.0. The van der Waals surface area contributed by atoms with Crippen LogP contribution in [0, 0.1) is 6.92 Å². The average Bonchev–Trinajstić information content (AvgIpc) is 2.70.